The molecule has 0 saturated heterocycles. The number of nitrogens with one attached hydrogen (secondary N) is 1. The number of aliphatic hydroxyl groups excluding tert-OH is 1. The topological polar surface area (TPSA) is 105 Å². The molecule has 0 bridgehead atoms. The minimum Gasteiger partial charge on any atom is -0.387 e. The number of likely N-dealkylation sites (N-methyl/N-ethyl adjacent to an activating group) is 1. The fourth-order valence-corrected chi connectivity index (χ4v) is 6.33. The van der Waals surface area contributed by atoms with Gasteiger partial charge in [0.15, 0.2) is 0 Å². The second-order valence-electron chi connectivity index (χ2n) is 15.3. The van der Waals surface area contributed by atoms with Gasteiger partial charge in [-0.2, -0.15) is 0 Å². The molecule has 3 unspecified atom stereocenters. The standard InChI is InChI=1S/C43H81N2O6P/c1-6-8-10-12-14-16-18-20-21-22-23-25-26-28-30-32-34-36-42(46)41(40-51-52(48,49)50-39-38-45(3,4)5)44-43(47)37-35-33-31-29-27-24-19-17-15-13-11-9-7-2/h17,19,21-22,26,28,34,36,41-42,46H,6-16,18,20,23-25,27,29-33,35,37-40H2,1-5H3,(H-,44,47,48,49)/p+1/b19-17-,22-21+,28-26+,36-34+. The second kappa shape index (κ2) is 35.2. The van der Waals surface area contributed by atoms with E-state index in [1.165, 1.54) is 89.9 Å². The van der Waals surface area contributed by atoms with E-state index in [0.717, 1.165) is 57.8 Å². The summed E-state index contributed by atoms with van der Waals surface area (Å²) in [5.74, 6) is -0.204. The molecule has 0 aliphatic rings. The van der Waals surface area contributed by atoms with Gasteiger partial charge in [-0.25, -0.2) is 4.57 Å². The summed E-state index contributed by atoms with van der Waals surface area (Å²) >= 11 is 0. The van der Waals surface area contributed by atoms with Gasteiger partial charge in [0.2, 0.25) is 5.91 Å². The average Bonchev–Trinajstić information content (AvgIpc) is 3.09. The van der Waals surface area contributed by atoms with Crippen LogP contribution in [0, 0.1) is 0 Å². The molecule has 0 aromatic heterocycles. The van der Waals surface area contributed by atoms with Gasteiger partial charge in [-0.3, -0.25) is 13.8 Å². The third kappa shape index (κ3) is 36.8. The van der Waals surface area contributed by atoms with E-state index in [4.69, 9.17) is 9.05 Å². The molecule has 0 aliphatic heterocycles. The van der Waals surface area contributed by atoms with Gasteiger partial charge in [0.1, 0.15) is 13.2 Å². The van der Waals surface area contributed by atoms with Crippen LogP contribution in [0.5, 0.6) is 0 Å². The van der Waals surface area contributed by atoms with Gasteiger partial charge >= 0.3 is 7.82 Å². The summed E-state index contributed by atoms with van der Waals surface area (Å²) in [6.07, 6.45) is 43.2. The van der Waals surface area contributed by atoms with Crippen molar-refractivity contribution in [2.75, 3.05) is 40.9 Å². The van der Waals surface area contributed by atoms with Crippen LogP contribution in [0.3, 0.4) is 0 Å². The summed E-state index contributed by atoms with van der Waals surface area (Å²) in [6.45, 7) is 4.73. The van der Waals surface area contributed by atoms with Crippen molar-refractivity contribution in [2.24, 2.45) is 0 Å². The quantitative estimate of drug-likeness (QED) is 0.0252. The zero-order valence-corrected chi connectivity index (χ0v) is 35.2. The fourth-order valence-electron chi connectivity index (χ4n) is 5.59. The SMILES string of the molecule is CCCCCC/C=C\CCCCCCCC(=O)NC(COP(=O)(O)OCC[N+](C)(C)C)C(O)/C=C/CC/C=C/CC/C=C/CCCCCCCCC. The predicted molar refractivity (Wildman–Crippen MR) is 221 cm³/mol. The van der Waals surface area contributed by atoms with Crippen LogP contribution in [0.1, 0.15) is 168 Å². The molecular weight excluding hydrogens is 671 g/mol. The number of hydrogen-bond acceptors (Lipinski definition) is 5. The molecule has 3 atom stereocenters. The van der Waals surface area contributed by atoms with E-state index in [-0.39, 0.29) is 19.1 Å². The number of carbonyl (C=O) groups is 1. The lowest BCUT2D eigenvalue weighted by atomic mass is 10.1. The number of phosphoric ester groups is 1. The number of unbranched alkanes of at least 4 members (excludes halogenated alkanes) is 18. The Morgan fingerprint density at radius 2 is 1.06 bits per heavy atom. The number of nitrogens with zero attached hydrogens (tertiary/aromatic N) is 1. The van der Waals surface area contributed by atoms with Crippen LogP contribution in [0.25, 0.3) is 0 Å². The van der Waals surface area contributed by atoms with Crippen LogP contribution in [0.15, 0.2) is 48.6 Å². The van der Waals surface area contributed by atoms with E-state index in [1.807, 2.05) is 27.2 Å². The van der Waals surface area contributed by atoms with E-state index < -0.39 is 20.0 Å². The van der Waals surface area contributed by atoms with E-state index in [1.54, 1.807) is 6.08 Å². The monoisotopic (exact) mass is 754 g/mol. The summed E-state index contributed by atoms with van der Waals surface area (Å²) in [5.41, 5.74) is 0. The smallest absolute Gasteiger partial charge is 0.387 e. The van der Waals surface area contributed by atoms with E-state index in [2.05, 4.69) is 55.6 Å². The number of rotatable bonds is 37. The van der Waals surface area contributed by atoms with Crippen LogP contribution in [-0.4, -0.2) is 73.4 Å². The Morgan fingerprint density at radius 3 is 1.56 bits per heavy atom. The first kappa shape index (κ1) is 50.5. The molecule has 0 fully saturated rings. The molecule has 0 aromatic carbocycles. The fraction of sp³-hybridized carbons (Fsp3) is 0.791. The van der Waals surface area contributed by atoms with E-state index in [0.29, 0.717) is 17.4 Å². The van der Waals surface area contributed by atoms with Crippen molar-refractivity contribution in [2.45, 2.75) is 180 Å². The highest BCUT2D eigenvalue weighted by molar-refractivity contribution is 7.47. The van der Waals surface area contributed by atoms with Gasteiger partial charge in [0.05, 0.1) is 39.9 Å². The molecule has 8 nitrogen and oxygen atoms in total. The highest BCUT2D eigenvalue weighted by Gasteiger charge is 2.27. The zero-order valence-electron chi connectivity index (χ0n) is 34.3. The number of phosphoric acid groups is 1. The van der Waals surface area contributed by atoms with Crippen molar-refractivity contribution < 1.29 is 32.9 Å². The van der Waals surface area contributed by atoms with Crippen molar-refractivity contribution in [3.05, 3.63) is 48.6 Å². The van der Waals surface area contributed by atoms with E-state index in [9.17, 15) is 19.4 Å². The summed E-state index contributed by atoms with van der Waals surface area (Å²) in [7, 11) is 1.53. The highest BCUT2D eigenvalue weighted by atomic mass is 31.2. The number of amides is 1. The first-order chi connectivity index (χ1) is 25.0. The minimum absolute atomic E-state index is 0.0507. The number of allylic oxidation sites excluding steroid dienone is 7. The summed E-state index contributed by atoms with van der Waals surface area (Å²) in [5, 5.41) is 13.8. The molecule has 9 heteroatoms. The zero-order chi connectivity index (χ0) is 38.6. The summed E-state index contributed by atoms with van der Waals surface area (Å²) < 4.78 is 23.5. The largest absolute Gasteiger partial charge is 0.472 e. The molecule has 0 radical (unpaired) electrons. The number of hydrogen-bond donors (Lipinski definition) is 3. The normalized spacial score (nSPS) is 15.0. The summed E-state index contributed by atoms with van der Waals surface area (Å²) in [4.78, 5) is 23.0. The second-order valence-corrected chi connectivity index (χ2v) is 16.8. The van der Waals surface area contributed by atoms with Crippen LogP contribution in [0.4, 0.5) is 0 Å². The highest BCUT2D eigenvalue weighted by Crippen LogP contribution is 2.43. The molecule has 0 aliphatic carbocycles. The third-order valence-corrected chi connectivity index (χ3v) is 9.98. The maximum atomic E-state index is 12.8. The molecule has 0 spiro atoms. The molecule has 0 saturated carbocycles. The molecule has 1 amide bonds. The van der Waals surface area contributed by atoms with Crippen molar-refractivity contribution in [1.82, 2.24) is 5.32 Å². The van der Waals surface area contributed by atoms with Crippen LogP contribution < -0.4 is 5.32 Å². The van der Waals surface area contributed by atoms with Gasteiger partial charge < -0.3 is 19.8 Å². The third-order valence-electron chi connectivity index (χ3n) is 9.00. The minimum atomic E-state index is -4.35. The van der Waals surface area contributed by atoms with Crippen molar-refractivity contribution in [1.29, 1.82) is 0 Å². The Labute approximate surface area is 320 Å². The van der Waals surface area contributed by atoms with Crippen molar-refractivity contribution in [3.8, 4) is 0 Å². The maximum absolute atomic E-state index is 12.8. The van der Waals surface area contributed by atoms with Crippen molar-refractivity contribution >= 4 is 13.7 Å². The number of quaternary nitrogens is 1. The molecule has 0 rings (SSSR count). The number of aliphatic hydroxyl groups is 1. The average molecular weight is 754 g/mol. The van der Waals surface area contributed by atoms with Crippen LogP contribution in [0.2, 0.25) is 0 Å². The molecular formula is C43H82N2O6P+. The lowest BCUT2D eigenvalue weighted by Gasteiger charge is -2.25. The van der Waals surface area contributed by atoms with Gasteiger partial charge in [-0.1, -0.05) is 140 Å². The van der Waals surface area contributed by atoms with Crippen molar-refractivity contribution in [3.63, 3.8) is 0 Å². The molecule has 304 valence electrons. The Morgan fingerprint density at radius 1 is 0.635 bits per heavy atom. The first-order valence-electron chi connectivity index (χ1n) is 21.0. The first-order valence-corrected chi connectivity index (χ1v) is 22.5. The Kier molecular flexibility index (Phi) is 34.1. The van der Waals surface area contributed by atoms with Crippen LogP contribution >= 0.6 is 7.82 Å². The van der Waals surface area contributed by atoms with Gasteiger partial charge in [0.25, 0.3) is 0 Å². The number of carbonyl (C=O) groups excluding carboxylic acids is 1. The van der Waals surface area contributed by atoms with E-state index >= 15 is 0 Å². The molecule has 52 heavy (non-hydrogen) atoms. The maximum Gasteiger partial charge on any atom is 0.472 e. The Hall–Kier alpha value is -1.54. The predicted octanol–water partition coefficient (Wildman–Crippen LogP) is 11.3. The molecule has 0 aromatic rings. The molecule has 3 N–H and O–H groups in total. The summed E-state index contributed by atoms with van der Waals surface area (Å²) in [6, 6.07) is -0.872. The lowest BCUT2D eigenvalue weighted by molar-refractivity contribution is -0.870. The van der Waals surface area contributed by atoms with Gasteiger partial charge in [-0.05, 0) is 70.6 Å². The van der Waals surface area contributed by atoms with Gasteiger partial charge in [0, 0.05) is 6.42 Å². The Bertz CT molecular complexity index is 991. The lowest BCUT2D eigenvalue weighted by Crippen LogP contribution is -2.45. The Balaban J connectivity index is 4.58. The molecule has 0 heterocycles. The van der Waals surface area contributed by atoms with Crippen LogP contribution in [-0.2, 0) is 18.4 Å². The van der Waals surface area contributed by atoms with Gasteiger partial charge in [-0.15, -0.1) is 0 Å².